The Morgan fingerprint density at radius 3 is 2.28 bits per heavy atom. The molecule has 0 aromatic rings. The molecule has 4 heteroatoms. The Bertz CT molecular complexity index is 268. The van der Waals surface area contributed by atoms with E-state index in [4.69, 9.17) is 4.74 Å². The van der Waals surface area contributed by atoms with Crippen LogP contribution in [0.3, 0.4) is 0 Å². The zero-order valence-corrected chi connectivity index (χ0v) is 11.6. The van der Waals surface area contributed by atoms with Gasteiger partial charge in [0.05, 0.1) is 0 Å². The third-order valence-corrected chi connectivity index (χ3v) is 3.24. The fourth-order valence-electron chi connectivity index (χ4n) is 2.03. The molecule has 1 heterocycles. The predicted octanol–water partition coefficient (Wildman–Crippen LogP) is 2.37. The van der Waals surface area contributed by atoms with E-state index in [-0.39, 0.29) is 18.5 Å². The summed E-state index contributed by atoms with van der Waals surface area (Å²) in [6.45, 7) is 5.66. The molecule has 1 fully saturated rings. The quantitative estimate of drug-likeness (QED) is 0.709. The normalized spacial score (nSPS) is 16.5. The van der Waals surface area contributed by atoms with Crippen molar-refractivity contribution < 1.29 is 14.3 Å². The second-order valence-electron chi connectivity index (χ2n) is 5.39. The molecule has 0 radical (unpaired) electrons. The van der Waals surface area contributed by atoms with E-state index < -0.39 is 0 Å². The summed E-state index contributed by atoms with van der Waals surface area (Å²) < 4.78 is 5.02. The largest absolute Gasteiger partial charge is 0.456 e. The molecule has 4 nitrogen and oxygen atoms in total. The summed E-state index contributed by atoms with van der Waals surface area (Å²) in [7, 11) is 0. The average molecular weight is 255 g/mol. The fourth-order valence-corrected chi connectivity index (χ4v) is 2.03. The fraction of sp³-hybridized carbons (Fsp3) is 0.857. The van der Waals surface area contributed by atoms with Crippen LogP contribution < -0.4 is 0 Å². The van der Waals surface area contributed by atoms with Crippen molar-refractivity contribution >= 4 is 11.9 Å². The second-order valence-corrected chi connectivity index (χ2v) is 5.39. The Labute approximate surface area is 110 Å². The first kappa shape index (κ1) is 15.0. The molecule has 0 bridgehead atoms. The van der Waals surface area contributed by atoms with Gasteiger partial charge in [0.1, 0.15) is 0 Å². The Morgan fingerprint density at radius 1 is 1.11 bits per heavy atom. The Kier molecular flexibility index (Phi) is 6.76. The highest BCUT2D eigenvalue weighted by molar-refractivity contribution is 5.80. The zero-order chi connectivity index (χ0) is 13.4. The van der Waals surface area contributed by atoms with Crippen molar-refractivity contribution in [3.8, 4) is 0 Å². The number of hydrogen-bond donors (Lipinski definition) is 0. The maximum atomic E-state index is 11.8. The number of likely N-dealkylation sites (tertiary alicyclic amines) is 1. The van der Waals surface area contributed by atoms with Crippen molar-refractivity contribution in [1.82, 2.24) is 4.90 Å². The number of nitrogens with zero attached hydrogens (tertiary/aromatic N) is 1. The molecule has 1 aliphatic heterocycles. The lowest BCUT2D eigenvalue weighted by molar-refractivity contribution is -0.152. The SMILES string of the molecule is CC(C)CCC(=O)OCC(=O)N1CCCCCC1. The standard InChI is InChI=1S/C14H25NO3/c1-12(2)7-8-14(17)18-11-13(16)15-9-5-3-4-6-10-15/h12H,3-11H2,1-2H3. The number of rotatable bonds is 5. The maximum absolute atomic E-state index is 11.8. The van der Waals surface area contributed by atoms with Crippen LogP contribution in [0.4, 0.5) is 0 Å². The van der Waals surface area contributed by atoms with Crippen molar-refractivity contribution in [1.29, 1.82) is 0 Å². The van der Waals surface area contributed by atoms with E-state index in [1.54, 1.807) is 0 Å². The number of ether oxygens (including phenoxy) is 1. The Hall–Kier alpha value is -1.06. The van der Waals surface area contributed by atoms with Gasteiger partial charge in [0.2, 0.25) is 0 Å². The number of carbonyl (C=O) groups excluding carboxylic acids is 2. The summed E-state index contributed by atoms with van der Waals surface area (Å²) in [5, 5.41) is 0. The van der Waals surface area contributed by atoms with Gasteiger partial charge in [-0.15, -0.1) is 0 Å². The topological polar surface area (TPSA) is 46.6 Å². The van der Waals surface area contributed by atoms with Crippen LogP contribution in [0.25, 0.3) is 0 Å². The number of esters is 1. The predicted molar refractivity (Wildman–Crippen MR) is 70.1 cm³/mol. The molecule has 0 aliphatic carbocycles. The average Bonchev–Trinajstić information content (AvgIpc) is 2.62. The molecule has 0 aromatic carbocycles. The maximum Gasteiger partial charge on any atom is 0.306 e. The van der Waals surface area contributed by atoms with Crippen LogP contribution in [0.5, 0.6) is 0 Å². The highest BCUT2D eigenvalue weighted by Crippen LogP contribution is 2.10. The van der Waals surface area contributed by atoms with Crippen LogP contribution in [-0.2, 0) is 14.3 Å². The van der Waals surface area contributed by atoms with Crippen molar-refractivity contribution in [2.75, 3.05) is 19.7 Å². The molecular formula is C14H25NO3. The minimum Gasteiger partial charge on any atom is -0.456 e. The van der Waals surface area contributed by atoms with Gasteiger partial charge in [0.15, 0.2) is 6.61 Å². The van der Waals surface area contributed by atoms with E-state index in [1.165, 1.54) is 12.8 Å². The molecule has 0 atom stereocenters. The van der Waals surface area contributed by atoms with E-state index in [9.17, 15) is 9.59 Å². The number of carbonyl (C=O) groups is 2. The van der Waals surface area contributed by atoms with Crippen LogP contribution >= 0.6 is 0 Å². The molecule has 18 heavy (non-hydrogen) atoms. The first-order valence-corrected chi connectivity index (χ1v) is 7.03. The van der Waals surface area contributed by atoms with Crippen LogP contribution in [-0.4, -0.2) is 36.5 Å². The summed E-state index contributed by atoms with van der Waals surface area (Å²) in [6, 6.07) is 0. The minimum atomic E-state index is -0.258. The molecule has 1 aliphatic rings. The van der Waals surface area contributed by atoms with Gasteiger partial charge in [0.25, 0.3) is 5.91 Å². The highest BCUT2D eigenvalue weighted by Gasteiger charge is 2.17. The first-order chi connectivity index (χ1) is 8.59. The highest BCUT2D eigenvalue weighted by atomic mass is 16.5. The van der Waals surface area contributed by atoms with Crippen molar-refractivity contribution in [3.05, 3.63) is 0 Å². The van der Waals surface area contributed by atoms with E-state index in [2.05, 4.69) is 13.8 Å². The van der Waals surface area contributed by atoms with Gasteiger partial charge in [-0.1, -0.05) is 26.7 Å². The molecule has 0 spiro atoms. The third-order valence-electron chi connectivity index (χ3n) is 3.24. The lowest BCUT2D eigenvalue weighted by Crippen LogP contribution is -2.35. The van der Waals surface area contributed by atoms with Crippen molar-refractivity contribution in [2.45, 2.75) is 52.4 Å². The van der Waals surface area contributed by atoms with Crippen molar-refractivity contribution in [3.63, 3.8) is 0 Å². The molecule has 0 saturated carbocycles. The van der Waals surface area contributed by atoms with Gasteiger partial charge < -0.3 is 9.64 Å². The van der Waals surface area contributed by atoms with Gasteiger partial charge in [-0.2, -0.15) is 0 Å². The Morgan fingerprint density at radius 2 is 1.72 bits per heavy atom. The summed E-state index contributed by atoms with van der Waals surface area (Å²) in [6.07, 6.45) is 5.73. The van der Waals surface area contributed by atoms with E-state index in [0.717, 1.165) is 32.4 Å². The monoisotopic (exact) mass is 255 g/mol. The molecule has 1 amide bonds. The molecular weight excluding hydrogens is 230 g/mol. The minimum absolute atomic E-state index is 0.0465. The molecule has 0 aromatic heterocycles. The van der Waals surface area contributed by atoms with Crippen molar-refractivity contribution in [2.24, 2.45) is 5.92 Å². The van der Waals surface area contributed by atoms with Gasteiger partial charge in [-0.05, 0) is 25.2 Å². The summed E-state index contributed by atoms with van der Waals surface area (Å²) in [5.41, 5.74) is 0. The van der Waals surface area contributed by atoms with E-state index in [0.29, 0.717) is 12.3 Å². The third kappa shape index (κ3) is 6.03. The molecule has 104 valence electrons. The van der Waals surface area contributed by atoms with E-state index in [1.807, 2.05) is 4.90 Å². The zero-order valence-electron chi connectivity index (χ0n) is 11.6. The van der Waals surface area contributed by atoms with Gasteiger partial charge in [0, 0.05) is 19.5 Å². The van der Waals surface area contributed by atoms with Crippen LogP contribution in [0.2, 0.25) is 0 Å². The second kappa shape index (κ2) is 8.11. The van der Waals surface area contributed by atoms with Gasteiger partial charge in [-0.25, -0.2) is 0 Å². The summed E-state index contributed by atoms with van der Waals surface area (Å²) in [4.78, 5) is 25.1. The van der Waals surface area contributed by atoms with E-state index >= 15 is 0 Å². The Balaban J connectivity index is 2.20. The van der Waals surface area contributed by atoms with Crippen LogP contribution in [0.15, 0.2) is 0 Å². The van der Waals surface area contributed by atoms with Crippen LogP contribution in [0.1, 0.15) is 52.4 Å². The smallest absolute Gasteiger partial charge is 0.306 e. The summed E-state index contributed by atoms with van der Waals surface area (Å²) in [5.74, 6) is 0.181. The lowest BCUT2D eigenvalue weighted by Gasteiger charge is -2.19. The lowest BCUT2D eigenvalue weighted by atomic mass is 10.1. The molecule has 0 unspecified atom stereocenters. The number of hydrogen-bond acceptors (Lipinski definition) is 3. The van der Waals surface area contributed by atoms with Crippen LogP contribution in [0, 0.1) is 5.92 Å². The summed E-state index contributed by atoms with van der Waals surface area (Å²) >= 11 is 0. The molecule has 1 saturated heterocycles. The van der Waals surface area contributed by atoms with Gasteiger partial charge >= 0.3 is 5.97 Å². The van der Waals surface area contributed by atoms with Gasteiger partial charge in [-0.3, -0.25) is 9.59 Å². The first-order valence-electron chi connectivity index (χ1n) is 7.03. The molecule has 0 N–H and O–H groups in total. The number of amides is 1. The molecule has 1 rings (SSSR count).